The van der Waals surface area contributed by atoms with E-state index >= 15 is 0 Å². The molecule has 0 bridgehead atoms. The minimum absolute atomic E-state index is 0.0275. The molecule has 0 unspecified atom stereocenters. The van der Waals surface area contributed by atoms with E-state index in [1.165, 1.54) is 0 Å². The molecule has 3 amide bonds. The summed E-state index contributed by atoms with van der Waals surface area (Å²) in [5, 5.41) is 5.47. The summed E-state index contributed by atoms with van der Waals surface area (Å²) in [5.74, 6) is 5.95. The number of hydrogen-bond acceptors (Lipinski definition) is 7. The predicted molar refractivity (Wildman–Crippen MR) is 86.2 cm³/mol. The van der Waals surface area contributed by atoms with Crippen LogP contribution in [0.4, 0.5) is 0 Å². The highest BCUT2D eigenvalue weighted by atomic mass is 33.1. The topological polar surface area (TPSA) is 139 Å². The van der Waals surface area contributed by atoms with Crippen LogP contribution in [0.3, 0.4) is 0 Å². The molecule has 0 fully saturated rings. The van der Waals surface area contributed by atoms with E-state index in [2.05, 4.69) is 16.1 Å². The van der Waals surface area contributed by atoms with E-state index in [0.717, 1.165) is 11.5 Å². The molecular weight excluding hydrogens is 314 g/mol. The quantitative estimate of drug-likeness (QED) is 0.122. The van der Waals surface area contributed by atoms with Crippen LogP contribution in [0.1, 0.15) is 19.3 Å². The third kappa shape index (κ3) is 15.2. The second-order valence-corrected chi connectivity index (χ2v) is 6.72. The molecule has 7 N–H and O–H groups in total. The van der Waals surface area contributed by atoms with Crippen molar-refractivity contribution in [1.82, 2.24) is 16.1 Å². The number of hydrogen-bond donors (Lipinski definition) is 5. The first-order valence-electron chi connectivity index (χ1n) is 6.56. The lowest BCUT2D eigenvalue weighted by molar-refractivity contribution is -0.124. The summed E-state index contributed by atoms with van der Waals surface area (Å²) in [6, 6.07) is 0. The Morgan fingerprint density at radius 2 is 1.33 bits per heavy atom. The Morgan fingerprint density at radius 1 is 0.810 bits per heavy atom. The van der Waals surface area contributed by atoms with Crippen LogP contribution in [0.5, 0.6) is 0 Å². The SMILES string of the molecule is NNCCC(=O)NCCSSCCNC(=O)CCC(N)=O. The Labute approximate surface area is 132 Å². The highest BCUT2D eigenvalue weighted by Crippen LogP contribution is 2.19. The van der Waals surface area contributed by atoms with Crippen molar-refractivity contribution in [3.8, 4) is 0 Å². The predicted octanol–water partition coefficient (Wildman–Crippen LogP) is -1.28. The molecule has 0 radical (unpaired) electrons. The van der Waals surface area contributed by atoms with Crippen LogP contribution in [-0.2, 0) is 14.4 Å². The van der Waals surface area contributed by atoms with Crippen LogP contribution in [0.2, 0.25) is 0 Å². The fraction of sp³-hybridized carbons (Fsp3) is 0.727. The third-order valence-corrected chi connectivity index (χ3v) is 4.60. The molecule has 0 aromatic heterocycles. The first kappa shape index (κ1) is 20.0. The van der Waals surface area contributed by atoms with Crippen molar-refractivity contribution in [3.63, 3.8) is 0 Å². The zero-order valence-corrected chi connectivity index (χ0v) is 13.5. The Balaban J connectivity index is 3.27. The molecule has 0 aliphatic carbocycles. The molecule has 0 aliphatic heterocycles. The van der Waals surface area contributed by atoms with Crippen molar-refractivity contribution in [2.45, 2.75) is 19.3 Å². The summed E-state index contributed by atoms with van der Waals surface area (Å²) in [6.07, 6.45) is 0.579. The van der Waals surface area contributed by atoms with E-state index in [9.17, 15) is 14.4 Å². The molecule has 122 valence electrons. The lowest BCUT2D eigenvalue weighted by Gasteiger charge is -2.05. The molecular formula is C11H23N5O3S2. The van der Waals surface area contributed by atoms with Crippen molar-refractivity contribution in [2.24, 2.45) is 11.6 Å². The smallest absolute Gasteiger partial charge is 0.221 e. The number of carbonyl (C=O) groups is 3. The van der Waals surface area contributed by atoms with Crippen molar-refractivity contribution >= 4 is 39.3 Å². The molecule has 0 atom stereocenters. The van der Waals surface area contributed by atoms with Crippen LogP contribution in [-0.4, -0.2) is 48.9 Å². The maximum absolute atomic E-state index is 11.2. The van der Waals surface area contributed by atoms with Gasteiger partial charge in [-0.25, -0.2) is 0 Å². The molecule has 0 saturated carbocycles. The first-order chi connectivity index (χ1) is 10.1. The van der Waals surface area contributed by atoms with Crippen LogP contribution in [0.15, 0.2) is 0 Å². The van der Waals surface area contributed by atoms with Gasteiger partial charge in [-0.15, -0.1) is 0 Å². The number of primary amides is 1. The van der Waals surface area contributed by atoms with E-state index in [0.29, 0.717) is 26.1 Å². The maximum Gasteiger partial charge on any atom is 0.221 e. The fourth-order valence-electron chi connectivity index (χ4n) is 1.18. The summed E-state index contributed by atoms with van der Waals surface area (Å²) < 4.78 is 0. The summed E-state index contributed by atoms with van der Waals surface area (Å²) >= 11 is 0. The monoisotopic (exact) mass is 337 g/mol. The molecule has 0 spiro atoms. The molecule has 0 aliphatic rings. The van der Waals surface area contributed by atoms with Gasteiger partial charge in [0.25, 0.3) is 0 Å². The highest BCUT2D eigenvalue weighted by molar-refractivity contribution is 8.76. The van der Waals surface area contributed by atoms with Gasteiger partial charge in [-0.2, -0.15) is 0 Å². The maximum atomic E-state index is 11.2. The standard InChI is InChI=1S/C11H23N5O3S2/c12-9(17)1-2-10(18)14-5-7-20-21-8-6-15-11(19)3-4-16-13/h16H,1-8,13H2,(H2,12,17)(H,14,18)(H,15,19). The molecule has 0 aromatic carbocycles. The molecule has 8 nitrogen and oxygen atoms in total. The largest absolute Gasteiger partial charge is 0.370 e. The number of hydrazine groups is 1. The lowest BCUT2D eigenvalue weighted by Crippen LogP contribution is -2.31. The second-order valence-electron chi connectivity index (χ2n) is 4.01. The highest BCUT2D eigenvalue weighted by Gasteiger charge is 2.03. The Hall–Kier alpha value is -0.970. The Morgan fingerprint density at radius 3 is 1.81 bits per heavy atom. The lowest BCUT2D eigenvalue weighted by atomic mass is 10.3. The summed E-state index contributed by atoms with van der Waals surface area (Å²) in [7, 11) is 3.24. The van der Waals surface area contributed by atoms with E-state index in [4.69, 9.17) is 11.6 Å². The van der Waals surface area contributed by atoms with Gasteiger partial charge in [0.15, 0.2) is 0 Å². The normalized spacial score (nSPS) is 10.1. The minimum atomic E-state index is -0.473. The molecule has 0 saturated heterocycles. The van der Waals surface area contributed by atoms with Crippen LogP contribution < -0.4 is 27.6 Å². The number of nitrogens with one attached hydrogen (secondary N) is 3. The Kier molecular flexibility index (Phi) is 13.3. The molecule has 0 rings (SSSR count). The third-order valence-electron chi connectivity index (χ3n) is 2.19. The van der Waals surface area contributed by atoms with Crippen LogP contribution >= 0.6 is 21.6 Å². The van der Waals surface area contributed by atoms with Gasteiger partial charge in [0.1, 0.15) is 0 Å². The summed E-state index contributed by atoms with van der Waals surface area (Å²) in [5.41, 5.74) is 7.36. The number of nitrogens with two attached hydrogens (primary N) is 2. The van der Waals surface area contributed by atoms with Gasteiger partial charge in [-0.1, -0.05) is 21.6 Å². The second kappa shape index (κ2) is 14.0. The number of amides is 3. The summed E-state index contributed by atoms with van der Waals surface area (Å²) in [4.78, 5) is 32.9. The van der Waals surface area contributed by atoms with E-state index in [-0.39, 0.29) is 24.7 Å². The van der Waals surface area contributed by atoms with Crippen LogP contribution in [0, 0.1) is 0 Å². The van der Waals surface area contributed by atoms with Gasteiger partial charge in [-0.3, -0.25) is 25.7 Å². The zero-order chi connectivity index (χ0) is 15.9. The van der Waals surface area contributed by atoms with Gasteiger partial charge in [0, 0.05) is 50.4 Å². The average Bonchev–Trinajstić information content (AvgIpc) is 2.45. The Bertz CT molecular complexity index is 331. The van der Waals surface area contributed by atoms with Gasteiger partial charge < -0.3 is 16.4 Å². The molecule has 10 heteroatoms. The van der Waals surface area contributed by atoms with Crippen molar-refractivity contribution < 1.29 is 14.4 Å². The average molecular weight is 337 g/mol. The van der Waals surface area contributed by atoms with E-state index in [1.54, 1.807) is 21.6 Å². The van der Waals surface area contributed by atoms with Gasteiger partial charge in [-0.05, 0) is 0 Å². The van der Waals surface area contributed by atoms with Gasteiger partial charge >= 0.3 is 0 Å². The first-order valence-corrected chi connectivity index (χ1v) is 9.04. The van der Waals surface area contributed by atoms with Gasteiger partial charge in [0.05, 0.1) is 0 Å². The van der Waals surface area contributed by atoms with Crippen molar-refractivity contribution in [3.05, 3.63) is 0 Å². The van der Waals surface area contributed by atoms with Gasteiger partial charge in [0.2, 0.25) is 17.7 Å². The van der Waals surface area contributed by atoms with Crippen molar-refractivity contribution in [2.75, 3.05) is 31.1 Å². The van der Waals surface area contributed by atoms with Crippen LogP contribution in [0.25, 0.3) is 0 Å². The number of carbonyl (C=O) groups excluding carboxylic acids is 3. The molecule has 0 heterocycles. The zero-order valence-electron chi connectivity index (χ0n) is 11.9. The van der Waals surface area contributed by atoms with E-state index in [1.807, 2.05) is 0 Å². The van der Waals surface area contributed by atoms with Crippen molar-refractivity contribution in [1.29, 1.82) is 0 Å². The number of rotatable bonds is 13. The van der Waals surface area contributed by atoms with E-state index < -0.39 is 5.91 Å². The molecule has 0 aromatic rings. The molecule has 21 heavy (non-hydrogen) atoms. The minimum Gasteiger partial charge on any atom is -0.370 e. The fourth-order valence-corrected chi connectivity index (χ4v) is 2.99. The summed E-state index contributed by atoms with van der Waals surface area (Å²) in [6.45, 7) is 1.61.